The predicted molar refractivity (Wildman–Crippen MR) is 119 cm³/mol. The third kappa shape index (κ3) is 5.03. The van der Waals surface area contributed by atoms with Gasteiger partial charge in [-0.15, -0.1) is 0 Å². The maximum atomic E-state index is 13.8. The lowest BCUT2D eigenvalue weighted by atomic mass is 9.98. The maximum absolute atomic E-state index is 13.8. The van der Waals surface area contributed by atoms with Crippen LogP contribution in [-0.4, -0.2) is 44.1 Å². The van der Waals surface area contributed by atoms with Gasteiger partial charge in [-0.05, 0) is 48.9 Å². The Morgan fingerprint density at radius 1 is 1.09 bits per heavy atom. The fourth-order valence-electron chi connectivity index (χ4n) is 3.84. The van der Waals surface area contributed by atoms with Crippen molar-refractivity contribution < 1.29 is 26.0 Å². The summed E-state index contributed by atoms with van der Waals surface area (Å²) in [6.07, 6.45) is -4.84. The van der Waals surface area contributed by atoms with Crippen LogP contribution in [0.2, 0.25) is 0 Å². The van der Waals surface area contributed by atoms with Crippen LogP contribution in [0.1, 0.15) is 12.7 Å². The van der Waals surface area contributed by atoms with Crippen molar-refractivity contribution >= 4 is 15.8 Å². The van der Waals surface area contributed by atoms with Crippen LogP contribution in [0.15, 0.2) is 53.4 Å². The molecular weight excluding hydrogens is 474 g/mol. The number of nitrogens with two attached hydrogens (primary N) is 1. The van der Waals surface area contributed by atoms with Crippen LogP contribution < -0.4 is 15.4 Å². The molecule has 1 saturated heterocycles. The highest BCUT2D eigenvalue weighted by Gasteiger charge is 2.38. The second kappa shape index (κ2) is 8.93. The number of piperazine rings is 1. The van der Waals surface area contributed by atoms with Gasteiger partial charge in [0.05, 0.1) is 16.2 Å². The van der Waals surface area contributed by atoms with Crippen LogP contribution in [0.5, 0.6) is 0 Å². The average Bonchev–Trinajstić information content (AvgIpc) is 2.77. The number of anilines is 1. The van der Waals surface area contributed by atoms with Crippen molar-refractivity contribution in [2.24, 2.45) is 5.14 Å². The number of sulfonamides is 1. The lowest BCUT2D eigenvalue weighted by Gasteiger charge is -2.34. The SMILES string of the molecule is CC1CN(c2nc(C(F)(F)F)nc(-c3ccc(F)cc3)c2-c2cccc(S(N)(=O)=O)c2)CCN1. The molecule has 0 spiro atoms. The summed E-state index contributed by atoms with van der Waals surface area (Å²) in [4.78, 5) is 9.17. The zero-order valence-corrected chi connectivity index (χ0v) is 18.8. The third-order valence-electron chi connectivity index (χ3n) is 5.38. The van der Waals surface area contributed by atoms with E-state index in [1.54, 1.807) is 11.0 Å². The number of hydrogen-bond donors (Lipinski definition) is 2. The highest BCUT2D eigenvalue weighted by Crippen LogP contribution is 2.41. The van der Waals surface area contributed by atoms with Crippen LogP contribution in [0.3, 0.4) is 0 Å². The zero-order valence-electron chi connectivity index (χ0n) is 18.0. The first-order valence-corrected chi connectivity index (χ1v) is 11.8. The summed E-state index contributed by atoms with van der Waals surface area (Å²) >= 11 is 0. The van der Waals surface area contributed by atoms with Gasteiger partial charge in [-0.25, -0.2) is 27.9 Å². The molecule has 1 unspecified atom stereocenters. The van der Waals surface area contributed by atoms with Crippen molar-refractivity contribution in [2.75, 3.05) is 24.5 Å². The largest absolute Gasteiger partial charge is 0.451 e. The van der Waals surface area contributed by atoms with E-state index in [0.717, 1.165) is 12.1 Å². The van der Waals surface area contributed by atoms with Gasteiger partial charge in [0.15, 0.2) is 0 Å². The molecule has 0 radical (unpaired) electrons. The Morgan fingerprint density at radius 2 is 1.79 bits per heavy atom. The molecule has 0 bridgehead atoms. The summed E-state index contributed by atoms with van der Waals surface area (Å²) in [5.74, 6) is -1.91. The van der Waals surface area contributed by atoms with Gasteiger partial charge in [-0.3, -0.25) is 0 Å². The van der Waals surface area contributed by atoms with E-state index >= 15 is 0 Å². The molecule has 34 heavy (non-hydrogen) atoms. The number of alkyl halides is 3. The highest BCUT2D eigenvalue weighted by atomic mass is 32.2. The summed E-state index contributed by atoms with van der Waals surface area (Å²) in [6, 6.07) is 10.4. The number of benzene rings is 2. The van der Waals surface area contributed by atoms with Gasteiger partial charge >= 0.3 is 6.18 Å². The molecule has 1 aromatic heterocycles. The van der Waals surface area contributed by atoms with Gasteiger partial charge in [-0.2, -0.15) is 13.2 Å². The third-order valence-corrected chi connectivity index (χ3v) is 6.29. The first kappa shape index (κ1) is 24.0. The fraction of sp³-hybridized carbons (Fsp3) is 0.273. The van der Waals surface area contributed by atoms with E-state index in [9.17, 15) is 26.0 Å². The Morgan fingerprint density at radius 3 is 2.41 bits per heavy atom. The van der Waals surface area contributed by atoms with Crippen molar-refractivity contribution in [1.29, 1.82) is 0 Å². The lowest BCUT2D eigenvalue weighted by molar-refractivity contribution is -0.144. The smallest absolute Gasteiger partial charge is 0.353 e. The topological polar surface area (TPSA) is 101 Å². The summed E-state index contributed by atoms with van der Waals surface area (Å²) < 4.78 is 78.9. The van der Waals surface area contributed by atoms with E-state index in [-0.39, 0.29) is 39.1 Å². The van der Waals surface area contributed by atoms with E-state index in [1.165, 1.54) is 30.3 Å². The van der Waals surface area contributed by atoms with Crippen molar-refractivity contribution in [3.8, 4) is 22.4 Å². The van der Waals surface area contributed by atoms with Gasteiger partial charge in [0.2, 0.25) is 15.8 Å². The fourth-order valence-corrected chi connectivity index (χ4v) is 4.40. The molecule has 4 rings (SSSR count). The number of halogens is 4. The molecule has 0 saturated carbocycles. The van der Waals surface area contributed by atoms with Gasteiger partial charge < -0.3 is 10.2 Å². The van der Waals surface area contributed by atoms with E-state index in [2.05, 4.69) is 15.3 Å². The van der Waals surface area contributed by atoms with Crippen molar-refractivity contribution in [1.82, 2.24) is 15.3 Å². The summed E-state index contributed by atoms with van der Waals surface area (Å²) in [5, 5.41) is 8.50. The molecule has 0 amide bonds. The van der Waals surface area contributed by atoms with Crippen molar-refractivity contribution in [3.05, 3.63) is 60.2 Å². The second-order valence-electron chi connectivity index (χ2n) is 7.97. The summed E-state index contributed by atoms with van der Waals surface area (Å²) in [7, 11) is -4.09. The van der Waals surface area contributed by atoms with E-state index in [0.29, 0.717) is 19.6 Å². The number of nitrogens with zero attached hydrogens (tertiary/aromatic N) is 3. The Balaban J connectivity index is 2.06. The number of nitrogens with one attached hydrogen (secondary N) is 1. The number of rotatable bonds is 4. The Bertz CT molecular complexity index is 1310. The van der Waals surface area contributed by atoms with Gasteiger partial charge in [0, 0.05) is 31.2 Å². The molecule has 180 valence electrons. The molecule has 3 N–H and O–H groups in total. The average molecular weight is 496 g/mol. The number of hydrogen-bond acceptors (Lipinski definition) is 6. The second-order valence-corrected chi connectivity index (χ2v) is 9.53. The van der Waals surface area contributed by atoms with Crippen LogP contribution in [-0.2, 0) is 16.2 Å². The van der Waals surface area contributed by atoms with Crippen molar-refractivity contribution in [3.63, 3.8) is 0 Å². The molecule has 1 atom stereocenters. The predicted octanol–water partition coefficient (Wildman–Crippen LogP) is 3.41. The zero-order chi connectivity index (χ0) is 24.7. The normalized spacial score (nSPS) is 17.1. The van der Waals surface area contributed by atoms with E-state index in [1.807, 2.05) is 6.92 Å². The molecular formula is C22H21F4N5O2S. The van der Waals surface area contributed by atoms with E-state index in [4.69, 9.17) is 5.14 Å². The monoisotopic (exact) mass is 495 g/mol. The molecule has 0 aliphatic carbocycles. The molecule has 3 aromatic rings. The van der Waals surface area contributed by atoms with Gasteiger partial charge in [0.1, 0.15) is 11.6 Å². The van der Waals surface area contributed by atoms with Crippen LogP contribution in [0.4, 0.5) is 23.4 Å². The number of primary sulfonamides is 1. The number of aromatic nitrogens is 2. The molecule has 2 heterocycles. The quantitative estimate of drug-likeness (QED) is 0.538. The minimum Gasteiger partial charge on any atom is -0.353 e. The molecule has 7 nitrogen and oxygen atoms in total. The molecule has 1 aliphatic heterocycles. The molecule has 1 fully saturated rings. The Hall–Kier alpha value is -3.09. The lowest BCUT2D eigenvalue weighted by Crippen LogP contribution is -2.49. The standard InChI is InChI=1S/C22H21F4N5O2S/c1-13-12-31(10-9-28-13)20-18(15-3-2-4-17(11-15)34(27,32)33)19(14-5-7-16(23)8-6-14)29-21(30-20)22(24,25)26/h2-8,11,13,28H,9-10,12H2,1H3,(H2,27,32,33). The first-order chi connectivity index (χ1) is 15.9. The maximum Gasteiger partial charge on any atom is 0.451 e. The van der Waals surface area contributed by atoms with Crippen LogP contribution in [0.25, 0.3) is 22.4 Å². The Labute approximate surface area is 193 Å². The van der Waals surface area contributed by atoms with E-state index < -0.39 is 27.8 Å². The summed E-state index contributed by atoms with van der Waals surface area (Å²) in [6.45, 7) is 3.12. The van der Waals surface area contributed by atoms with Crippen LogP contribution >= 0.6 is 0 Å². The van der Waals surface area contributed by atoms with Gasteiger partial charge in [0.25, 0.3) is 0 Å². The Kier molecular flexibility index (Phi) is 6.32. The summed E-state index contributed by atoms with van der Waals surface area (Å²) in [5.41, 5.74) is 0.574. The molecule has 2 aromatic carbocycles. The van der Waals surface area contributed by atoms with Gasteiger partial charge in [-0.1, -0.05) is 12.1 Å². The molecule has 12 heteroatoms. The minimum absolute atomic E-state index is 0.00145. The van der Waals surface area contributed by atoms with Crippen molar-refractivity contribution in [2.45, 2.75) is 24.0 Å². The molecule has 1 aliphatic rings. The minimum atomic E-state index is -4.84. The highest BCUT2D eigenvalue weighted by molar-refractivity contribution is 7.89. The van der Waals surface area contributed by atoms with Crippen LogP contribution in [0, 0.1) is 5.82 Å². The first-order valence-electron chi connectivity index (χ1n) is 10.3.